The smallest absolute Gasteiger partial charge is 0.410 e. The minimum absolute atomic E-state index is 0.367. The Kier molecular flexibility index (Phi) is 7.64. The van der Waals surface area contributed by atoms with Crippen LogP contribution in [0, 0.1) is 0 Å². The molecule has 8 nitrogen and oxygen atoms in total. The molecule has 30 heavy (non-hydrogen) atoms. The summed E-state index contributed by atoms with van der Waals surface area (Å²) in [5.41, 5.74) is 0. The zero-order valence-corrected chi connectivity index (χ0v) is 16.6. The predicted molar refractivity (Wildman–Crippen MR) is 109 cm³/mol. The molecule has 8 heteroatoms. The summed E-state index contributed by atoms with van der Waals surface area (Å²) in [6, 6.07) is 17.9. The van der Waals surface area contributed by atoms with E-state index in [-0.39, 0.29) is 0 Å². The summed E-state index contributed by atoms with van der Waals surface area (Å²) < 4.78 is 10.2. The first-order chi connectivity index (χ1) is 14.5. The van der Waals surface area contributed by atoms with E-state index >= 15 is 0 Å². The van der Waals surface area contributed by atoms with Crippen molar-refractivity contribution in [1.82, 2.24) is 9.80 Å². The van der Waals surface area contributed by atoms with Crippen molar-refractivity contribution >= 4 is 12.2 Å². The first-order valence-corrected chi connectivity index (χ1v) is 9.91. The number of hydrogen-bond acceptors (Lipinski definition) is 6. The lowest BCUT2D eigenvalue weighted by Gasteiger charge is -2.14. The zero-order valence-electron chi connectivity index (χ0n) is 16.6. The average molecular weight is 414 g/mol. The Morgan fingerprint density at radius 2 is 1.07 bits per heavy atom. The van der Waals surface area contributed by atoms with Crippen LogP contribution in [0.2, 0.25) is 0 Å². The second-order valence-corrected chi connectivity index (χ2v) is 7.14. The molecular formula is C22H26N2O6. The molecule has 2 aliphatic heterocycles. The maximum absolute atomic E-state index is 11.6. The molecule has 2 atom stereocenters. The number of aliphatic hydroxyl groups excluding tert-OH is 2. The molecule has 0 aliphatic carbocycles. The molecule has 0 saturated carbocycles. The minimum atomic E-state index is -0.409. The lowest BCUT2D eigenvalue weighted by atomic mass is 10.3. The van der Waals surface area contributed by atoms with Gasteiger partial charge >= 0.3 is 12.2 Å². The number of aliphatic hydroxyl groups is 2. The molecular weight excluding hydrogens is 388 g/mol. The van der Waals surface area contributed by atoms with E-state index in [0.717, 1.165) is 0 Å². The number of rotatable bonds is 2. The van der Waals surface area contributed by atoms with Crippen LogP contribution in [-0.2, 0) is 0 Å². The molecule has 2 saturated heterocycles. The van der Waals surface area contributed by atoms with E-state index in [1.54, 1.807) is 48.5 Å². The van der Waals surface area contributed by atoms with Gasteiger partial charge < -0.3 is 29.5 Å². The SMILES string of the molecule is O=C(Oc1ccccc1)N1CC[C@@H](O)C1.O=C(Oc1ccccc1)N1CC[C@H](O)C1. The van der Waals surface area contributed by atoms with Gasteiger partial charge in [0.2, 0.25) is 0 Å². The van der Waals surface area contributed by atoms with Gasteiger partial charge in [0.1, 0.15) is 11.5 Å². The molecule has 0 radical (unpaired) electrons. The minimum Gasteiger partial charge on any atom is -0.410 e. The second kappa shape index (κ2) is 10.6. The molecule has 0 spiro atoms. The fourth-order valence-corrected chi connectivity index (χ4v) is 3.12. The number of amides is 2. The number of β-amino-alcohol motifs (C(OH)–C–C–N with tert-alkyl or cyclic N) is 2. The third-order valence-corrected chi connectivity index (χ3v) is 4.74. The van der Waals surface area contributed by atoms with E-state index in [0.29, 0.717) is 50.5 Å². The van der Waals surface area contributed by atoms with Gasteiger partial charge in [0.05, 0.1) is 12.2 Å². The largest absolute Gasteiger partial charge is 0.415 e. The Labute approximate surface area is 175 Å². The van der Waals surface area contributed by atoms with Crippen LogP contribution in [0.3, 0.4) is 0 Å². The van der Waals surface area contributed by atoms with Crippen LogP contribution in [0.4, 0.5) is 9.59 Å². The van der Waals surface area contributed by atoms with Crippen molar-refractivity contribution in [3.63, 3.8) is 0 Å². The van der Waals surface area contributed by atoms with E-state index in [2.05, 4.69) is 0 Å². The summed E-state index contributed by atoms with van der Waals surface area (Å²) in [5, 5.41) is 18.5. The molecule has 2 aromatic carbocycles. The van der Waals surface area contributed by atoms with Crippen molar-refractivity contribution in [3.8, 4) is 11.5 Å². The molecule has 2 fully saturated rings. The molecule has 2 heterocycles. The number of ether oxygens (including phenoxy) is 2. The lowest BCUT2D eigenvalue weighted by Crippen LogP contribution is -2.32. The normalized spacial score (nSPS) is 20.3. The molecule has 160 valence electrons. The molecule has 2 amide bonds. The van der Waals surface area contributed by atoms with Gasteiger partial charge in [0.15, 0.2) is 0 Å². The van der Waals surface area contributed by atoms with Crippen molar-refractivity contribution < 1.29 is 29.3 Å². The first kappa shape index (κ1) is 21.6. The fraction of sp³-hybridized carbons (Fsp3) is 0.364. The highest BCUT2D eigenvalue weighted by Crippen LogP contribution is 2.15. The Morgan fingerprint density at radius 1 is 0.700 bits per heavy atom. The molecule has 4 rings (SSSR count). The Balaban J connectivity index is 0.000000171. The maximum Gasteiger partial charge on any atom is 0.415 e. The van der Waals surface area contributed by atoms with E-state index in [4.69, 9.17) is 9.47 Å². The topological polar surface area (TPSA) is 99.5 Å². The summed E-state index contributed by atoms with van der Waals surface area (Å²) in [7, 11) is 0. The quantitative estimate of drug-likeness (QED) is 0.783. The third kappa shape index (κ3) is 6.47. The van der Waals surface area contributed by atoms with Crippen molar-refractivity contribution in [3.05, 3.63) is 60.7 Å². The van der Waals surface area contributed by atoms with Gasteiger partial charge in [-0.25, -0.2) is 9.59 Å². The maximum atomic E-state index is 11.6. The van der Waals surface area contributed by atoms with E-state index in [1.165, 1.54) is 9.80 Å². The van der Waals surface area contributed by atoms with Crippen LogP contribution in [0.25, 0.3) is 0 Å². The number of hydrogen-bond donors (Lipinski definition) is 2. The van der Waals surface area contributed by atoms with E-state index < -0.39 is 24.4 Å². The third-order valence-electron chi connectivity index (χ3n) is 4.74. The monoisotopic (exact) mass is 414 g/mol. The van der Waals surface area contributed by atoms with E-state index in [9.17, 15) is 19.8 Å². The predicted octanol–water partition coefficient (Wildman–Crippen LogP) is 2.50. The van der Waals surface area contributed by atoms with Crippen LogP contribution >= 0.6 is 0 Å². The van der Waals surface area contributed by atoms with Crippen LogP contribution in [0.5, 0.6) is 11.5 Å². The molecule has 2 aliphatic rings. The molecule has 2 N–H and O–H groups in total. The zero-order chi connectivity index (χ0) is 21.3. The van der Waals surface area contributed by atoms with Gasteiger partial charge in [-0.15, -0.1) is 0 Å². The number of para-hydroxylation sites is 2. The van der Waals surface area contributed by atoms with Crippen LogP contribution in [0.15, 0.2) is 60.7 Å². The molecule has 0 unspecified atom stereocenters. The summed E-state index contributed by atoms with van der Waals surface area (Å²) in [6.45, 7) is 1.86. The van der Waals surface area contributed by atoms with Crippen molar-refractivity contribution in [1.29, 1.82) is 0 Å². The van der Waals surface area contributed by atoms with Crippen LogP contribution in [0.1, 0.15) is 12.8 Å². The Morgan fingerprint density at radius 3 is 1.37 bits per heavy atom. The average Bonchev–Trinajstić information content (AvgIpc) is 3.38. The number of nitrogens with zero attached hydrogens (tertiary/aromatic N) is 2. The second-order valence-electron chi connectivity index (χ2n) is 7.14. The van der Waals surface area contributed by atoms with Gasteiger partial charge in [-0.05, 0) is 37.1 Å². The molecule has 2 aromatic rings. The van der Waals surface area contributed by atoms with E-state index in [1.807, 2.05) is 12.1 Å². The number of carbonyl (C=O) groups is 2. The van der Waals surface area contributed by atoms with Crippen molar-refractivity contribution in [2.75, 3.05) is 26.2 Å². The lowest BCUT2D eigenvalue weighted by molar-refractivity contribution is 0.145. The fourth-order valence-electron chi connectivity index (χ4n) is 3.12. The van der Waals surface area contributed by atoms with Gasteiger partial charge in [0, 0.05) is 26.2 Å². The van der Waals surface area contributed by atoms with Gasteiger partial charge in [-0.1, -0.05) is 36.4 Å². The summed E-state index contributed by atoms with van der Waals surface area (Å²) in [4.78, 5) is 26.1. The van der Waals surface area contributed by atoms with Gasteiger partial charge in [-0.3, -0.25) is 0 Å². The number of likely N-dealkylation sites (tertiary alicyclic amines) is 2. The van der Waals surface area contributed by atoms with Gasteiger partial charge in [-0.2, -0.15) is 0 Å². The standard InChI is InChI=1S/2C11H13NO3/c2*13-9-6-7-12(8-9)11(14)15-10-4-2-1-3-5-10/h2*1-5,9,13H,6-8H2/t2*9-/m10/s1. The van der Waals surface area contributed by atoms with Gasteiger partial charge in [0.25, 0.3) is 0 Å². The summed E-state index contributed by atoms with van der Waals surface area (Å²) in [6.07, 6.45) is -0.342. The molecule has 0 aromatic heterocycles. The highest BCUT2D eigenvalue weighted by molar-refractivity contribution is 5.71. The van der Waals surface area contributed by atoms with Crippen molar-refractivity contribution in [2.24, 2.45) is 0 Å². The Bertz CT molecular complexity index is 747. The van der Waals surface area contributed by atoms with Crippen LogP contribution < -0.4 is 9.47 Å². The first-order valence-electron chi connectivity index (χ1n) is 9.91. The molecule has 0 bridgehead atoms. The number of benzene rings is 2. The summed E-state index contributed by atoms with van der Waals surface area (Å²) >= 11 is 0. The number of carbonyl (C=O) groups excluding carboxylic acids is 2. The highest BCUT2D eigenvalue weighted by Gasteiger charge is 2.26. The van der Waals surface area contributed by atoms with Crippen LogP contribution in [-0.4, -0.2) is 70.6 Å². The van der Waals surface area contributed by atoms with Crippen molar-refractivity contribution in [2.45, 2.75) is 25.0 Å². The highest BCUT2D eigenvalue weighted by atomic mass is 16.6. The summed E-state index contributed by atoms with van der Waals surface area (Å²) in [5.74, 6) is 1.06. The Hall–Kier alpha value is -3.10.